The zero-order chi connectivity index (χ0) is 33.4. The highest BCUT2D eigenvalue weighted by molar-refractivity contribution is 14.1. The lowest BCUT2D eigenvalue weighted by atomic mass is 9.49. The van der Waals surface area contributed by atoms with Crippen LogP contribution in [0, 0.1) is 27.2 Å². The summed E-state index contributed by atoms with van der Waals surface area (Å²) < 4.78 is 11.4. The van der Waals surface area contributed by atoms with Crippen LogP contribution < -0.4 is 20.2 Å². The van der Waals surface area contributed by atoms with Crippen molar-refractivity contribution in [1.29, 1.82) is 0 Å². The zero-order valence-corrected chi connectivity index (χ0v) is 28.7. The van der Waals surface area contributed by atoms with Crippen LogP contribution in [0.15, 0.2) is 66.2 Å². The fraction of sp³-hybridized carbons (Fsp3) is 0.294. The molecule has 3 fully saturated rings. The topological polar surface area (TPSA) is 134 Å². The summed E-state index contributed by atoms with van der Waals surface area (Å²) in [6, 6.07) is 15.2. The minimum absolute atomic E-state index is 0.0628. The minimum Gasteiger partial charge on any atom is -0.504 e. The van der Waals surface area contributed by atoms with Gasteiger partial charge in [0.15, 0.2) is 11.5 Å². The van der Waals surface area contributed by atoms with E-state index < -0.39 is 46.8 Å². The van der Waals surface area contributed by atoms with E-state index in [1.807, 2.05) is 28.7 Å². The van der Waals surface area contributed by atoms with Gasteiger partial charge in [0.2, 0.25) is 11.8 Å². The minimum atomic E-state index is -1.52. The van der Waals surface area contributed by atoms with Crippen molar-refractivity contribution in [2.24, 2.45) is 23.7 Å². The van der Waals surface area contributed by atoms with Crippen LogP contribution in [0.1, 0.15) is 29.9 Å². The van der Waals surface area contributed by atoms with Gasteiger partial charge in [-0.1, -0.05) is 47.0 Å². The van der Waals surface area contributed by atoms with Crippen molar-refractivity contribution in [3.63, 3.8) is 0 Å². The molecule has 2 saturated heterocycles. The second kappa shape index (κ2) is 11.7. The number of nitrogens with one attached hydrogen (secondary N) is 2. The molecular weight excluding hydrogens is 760 g/mol. The summed E-state index contributed by atoms with van der Waals surface area (Å²) in [5.41, 5.74) is 3.70. The van der Waals surface area contributed by atoms with Crippen LogP contribution in [0.4, 0.5) is 5.69 Å². The maximum absolute atomic E-state index is 15.2. The number of halogens is 3. The van der Waals surface area contributed by atoms with E-state index in [0.29, 0.717) is 37.6 Å². The zero-order valence-electron chi connectivity index (χ0n) is 25.1. The number of hydrogen-bond acceptors (Lipinski definition) is 8. The molecule has 0 radical (unpaired) electrons. The van der Waals surface area contributed by atoms with Gasteiger partial charge >= 0.3 is 0 Å². The third kappa shape index (κ3) is 4.72. The second-order valence-electron chi connectivity index (χ2n) is 12.1. The number of hydrogen-bond donors (Lipinski definition) is 3. The molecule has 2 aliphatic carbocycles. The molecule has 3 aromatic rings. The average molecular weight is 788 g/mol. The number of aromatic hydroxyl groups is 1. The number of benzene rings is 3. The Morgan fingerprint density at radius 1 is 0.979 bits per heavy atom. The molecule has 0 bridgehead atoms. The van der Waals surface area contributed by atoms with E-state index in [1.54, 1.807) is 48.5 Å². The van der Waals surface area contributed by atoms with E-state index in [1.165, 1.54) is 20.3 Å². The van der Waals surface area contributed by atoms with Crippen molar-refractivity contribution in [3.05, 3.63) is 91.0 Å². The number of carbonyl (C=O) groups excluding carboxylic acids is 4. The molecule has 7 rings (SSSR count). The first kappa shape index (κ1) is 31.8. The van der Waals surface area contributed by atoms with Crippen molar-refractivity contribution in [2.75, 3.05) is 19.6 Å². The molecule has 1 saturated carbocycles. The summed E-state index contributed by atoms with van der Waals surface area (Å²) in [5.74, 6) is -4.62. The third-order valence-corrected chi connectivity index (χ3v) is 11.4. The lowest BCUT2D eigenvalue weighted by Crippen LogP contribution is -2.53. The highest BCUT2D eigenvalue weighted by atomic mass is 127. The van der Waals surface area contributed by atoms with E-state index in [0.717, 1.165) is 10.6 Å². The van der Waals surface area contributed by atoms with Crippen LogP contribution >= 0.6 is 45.8 Å². The second-order valence-corrected chi connectivity index (χ2v) is 14.1. The van der Waals surface area contributed by atoms with Gasteiger partial charge in [0.05, 0.1) is 51.7 Å². The van der Waals surface area contributed by atoms with Crippen LogP contribution in [-0.4, -0.2) is 48.0 Å². The lowest BCUT2D eigenvalue weighted by molar-refractivity contribution is -0.138. The van der Waals surface area contributed by atoms with Crippen molar-refractivity contribution in [1.82, 2.24) is 10.3 Å². The van der Waals surface area contributed by atoms with Crippen molar-refractivity contribution in [2.45, 2.75) is 24.2 Å². The van der Waals surface area contributed by atoms with Crippen molar-refractivity contribution < 1.29 is 33.8 Å². The monoisotopic (exact) mass is 787 g/mol. The van der Waals surface area contributed by atoms with E-state index in [2.05, 4.69) is 10.7 Å². The van der Waals surface area contributed by atoms with Crippen molar-refractivity contribution in [3.8, 4) is 17.2 Å². The molecule has 6 atom stereocenters. The number of hydrazine groups is 1. The van der Waals surface area contributed by atoms with Gasteiger partial charge in [-0.2, -0.15) is 5.01 Å². The van der Waals surface area contributed by atoms with Crippen LogP contribution in [-0.2, 0) is 24.6 Å². The van der Waals surface area contributed by atoms with E-state index in [4.69, 9.17) is 32.7 Å². The predicted molar refractivity (Wildman–Crippen MR) is 181 cm³/mol. The number of rotatable bonds is 6. The molecule has 0 spiro atoms. The van der Waals surface area contributed by atoms with E-state index >= 15 is 4.79 Å². The molecular formula is C34H28Cl2IN3O7. The maximum Gasteiger partial charge on any atom is 0.260 e. The summed E-state index contributed by atoms with van der Waals surface area (Å²) in [7, 11) is 2.98. The van der Waals surface area contributed by atoms with Gasteiger partial charge in [0.1, 0.15) is 5.75 Å². The number of imide groups is 2. The summed E-state index contributed by atoms with van der Waals surface area (Å²) in [4.78, 5) is 56.0. The Balaban J connectivity index is 1.50. The highest BCUT2D eigenvalue weighted by Gasteiger charge is 2.70. The van der Waals surface area contributed by atoms with E-state index in [-0.39, 0.29) is 34.8 Å². The summed E-state index contributed by atoms with van der Waals surface area (Å²) in [5, 5.41) is 14.9. The van der Waals surface area contributed by atoms with Gasteiger partial charge in [-0.15, -0.1) is 0 Å². The molecule has 4 amide bonds. The SMILES string of the molecule is COc1ccc([C@@]23C(=O)N(Nc4ccc(Cl)cc4Cl)C(=O)[C@@H]2C[C@@H]2C(=CC[C@@H]4C(=O)NC(=O)[C@@H]42)[C@@H]3c2cc(I)c(O)c(OC)c2)cc1. The predicted octanol–water partition coefficient (Wildman–Crippen LogP) is 5.59. The number of methoxy groups -OCH3 is 2. The number of ether oxygens (including phenoxy) is 2. The van der Waals surface area contributed by atoms with Gasteiger partial charge in [-0.25, -0.2) is 0 Å². The number of nitrogens with zero attached hydrogens (tertiary/aromatic N) is 1. The van der Waals surface area contributed by atoms with Gasteiger partial charge in [0.25, 0.3) is 11.8 Å². The number of phenols is 1. The standard InChI is InChI=1S/C34H28Cl2IN3O7/c1-46-18-6-3-16(4-7-18)34-22(32(44)40(33(34)45)39-25-10-5-17(35)13-23(25)36)14-21-19(8-9-20-27(21)31(43)38-30(20)42)28(34)15-11-24(37)29(41)26(12-15)47-2/h3-8,10-13,20-22,27-28,39,41H,9,14H2,1-2H3,(H,38,42,43)/t20-,21+,22-,27-,28-,34+/m0/s1. The number of phenolic OH excluding ortho intramolecular Hbond substituents is 1. The third-order valence-electron chi connectivity index (χ3n) is 10.0. The molecule has 2 heterocycles. The van der Waals surface area contributed by atoms with Crippen LogP contribution in [0.3, 0.4) is 0 Å². The normalized spacial score (nSPS) is 27.9. The smallest absolute Gasteiger partial charge is 0.260 e. The molecule has 0 aromatic heterocycles. The average Bonchev–Trinajstić information content (AvgIpc) is 3.47. The summed E-state index contributed by atoms with van der Waals surface area (Å²) in [6.45, 7) is 0. The fourth-order valence-corrected chi connectivity index (χ4v) is 9.12. The van der Waals surface area contributed by atoms with Crippen LogP contribution in [0.25, 0.3) is 0 Å². The number of anilines is 1. The largest absolute Gasteiger partial charge is 0.504 e. The summed E-state index contributed by atoms with van der Waals surface area (Å²) in [6.07, 6.45) is 2.39. The van der Waals surface area contributed by atoms with Gasteiger partial charge in [-0.3, -0.25) is 29.9 Å². The molecule has 0 unspecified atom stereocenters. The molecule has 47 heavy (non-hydrogen) atoms. The van der Waals surface area contributed by atoms with Gasteiger partial charge < -0.3 is 14.6 Å². The van der Waals surface area contributed by atoms with Crippen LogP contribution in [0.2, 0.25) is 10.0 Å². The number of fused-ring (bicyclic) bond motifs is 4. The number of allylic oxidation sites excluding steroid dienone is 2. The molecule has 3 aromatic carbocycles. The molecule has 4 aliphatic rings. The Hall–Kier alpha value is -3.81. The summed E-state index contributed by atoms with van der Waals surface area (Å²) >= 11 is 14.6. The Morgan fingerprint density at radius 3 is 2.40 bits per heavy atom. The van der Waals surface area contributed by atoms with Gasteiger partial charge in [0, 0.05) is 10.9 Å². The maximum atomic E-state index is 15.2. The fourth-order valence-electron chi connectivity index (χ4n) is 8.05. The Kier molecular flexibility index (Phi) is 7.91. The molecule has 10 nitrogen and oxygen atoms in total. The first-order valence-corrected chi connectivity index (χ1v) is 16.7. The first-order chi connectivity index (χ1) is 22.5. The van der Waals surface area contributed by atoms with Crippen molar-refractivity contribution >= 4 is 75.1 Å². The molecule has 13 heteroatoms. The molecule has 3 N–H and O–H groups in total. The van der Waals surface area contributed by atoms with E-state index in [9.17, 15) is 19.5 Å². The Bertz CT molecular complexity index is 1900. The number of amides is 4. The van der Waals surface area contributed by atoms with Gasteiger partial charge in [-0.05, 0) is 94.9 Å². The van der Waals surface area contributed by atoms with Crippen LogP contribution in [0.5, 0.6) is 17.2 Å². The first-order valence-electron chi connectivity index (χ1n) is 14.9. The highest BCUT2D eigenvalue weighted by Crippen LogP contribution is 2.64. The molecule has 242 valence electrons. The number of carbonyl (C=O) groups is 4. The molecule has 2 aliphatic heterocycles. The Labute approximate surface area is 293 Å². The quantitative estimate of drug-likeness (QED) is 0.167. The lowest BCUT2D eigenvalue weighted by Gasteiger charge is -2.50. The Morgan fingerprint density at radius 2 is 1.72 bits per heavy atom.